The topological polar surface area (TPSA) is 66.0 Å². The van der Waals surface area contributed by atoms with Crippen LogP contribution in [0.1, 0.15) is 50.3 Å². The van der Waals surface area contributed by atoms with Gasteiger partial charge < -0.3 is 10.3 Å². The largest absolute Gasteiger partial charge is 0.408 e. The lowest BCUT2D eigenvalue weighted by atomic mass is 9.86. The second kappa shape index (κ2) is 8.61. The minimum atomic E-state index is -4.38. The Hall–Kier alpha value is -2.81. The molecule has 6 nitrogen and oxygen atoms in total. The highest BCUT2D eigenvalue weighted by Gasteiger charge is 2.42. The van der Waals surface area contributed by atoms with E-state index in [0.29, 0.717) is 22.8 Å². The Morgan fingerprint density at radius 1 is 1.16 bits per heavy atom. The van der Waals surface area contributed by atoms with Gasteiger partial charge in [-0.1, -0.05) is 31.9 Å². The Labute approximate surface area is 184 Å². The molecule has 2 aromatic heterocycles. The number of H-pyrrole nitrogens is 1. The molecule has 1 fully saturated rings. The van der Waals surface area contributed by atoms with Crippen molar-refractivity contribution >= 4 is 22.4 Å². The van der Waals surface area contributed by atoms with E-state index in [2.05, 4.69) is 17.2 Å². The van der Waals surface area contributed by atoms with Crippen molar-refractivity contribution in [2.75, 3.05) is 19.4 Å². The summed E-state index contributed by atoms with van der Waals surface area (Å²) in [7, 11) is 2.81. The normalized spacial score (nSPS) is 20.6. The molecule has 0 spiro atoms. The number of pyridine rings is 1. The van der Waals surface area contributed by atoms with Gasteiger partial charge in [-0.05, 0) is 56.6 Å². The minimum Gasteiger partial charge on any atom is -0.338 e. The van der Waals surface area contributed by atoms with Gasteiger partial charge in [0.1, 0.15) is 11.4 Å². The first-order valence-corrected chi connectivity index (χ1v) is 10.9. The predicted octanol–water partition coefficient (Wildman–Crippen LogP) is 5.38. The zero-order valence-electron chi connectivity index (χ0n) is 18.4. The van der Waals surface area contributed by atoms with Crippen LogP contribution in [0.2, 0.25) is 0 Å². The molecule has 9 heteroatoms. The lowest BCUT2D eigenvalue weighted by molar-refractivity contribution is -0.179. The molecule has 2 heterocycles. The molecular weight excluding hydrogens is 419 g/mol. The molecule has 0 radical (unpaired) electrons. The van der Waals surface area contributed by atoms with Crippen molar-refractivity contribution in [3.63, 3.8) is 0 Å². The molecule has 1 unspecified atom stereocenters. The van der Waals surface area contributed by atoms with Crippen LogP contribution in [0, 0.1) is 5.92 Å². The molecule has 1 aliphatic rings. The van der Waals surface area contributed by atoms with E-state index in [9.17, 15) is 18.0 Å². The highest BCUT2D eigenvalue weighted by molar-refractivity contribution is 5.91. The number of nitrogens with one attached hydrogen (secondary N) is 2. The molecule has 1 saturated carbocycles. The second-order valence-electron chi connectivity index (χ2n) is 8.84. The fourth-order valence-electron chi connectivity index (χ4n) is 4.77. The van der Waals surface area contributed by atoms with Gasteiger partial charge in [0.25, 0.3) is 5.56 Å². The molecule has 3 atom stereocenters. The molecule has 4 rings (SSSR count). The number of hydrogen-bond acceptors (Lipinski definition) is 4. The van der Waals surface area contributed by atoms with E-state index in [4.69, 9.17) is 5.10 Å². The van der Waals surface area contributed by atoms with Crippen molar-refractivity contribution in [3.8, 4) is 0 Å². The van der Waals surface area contributed by atoms with Crippen LogP contribution in [-0.2, 0) is 0 Å². The van der Waals surface area contributed by atoms with Crippen molar-refractivity contribution in [3.05, 3.63) is 52.4 Å². The number of rotatable bonds is 5. The molecule has 0 aliphatic heterocycles. The van der Waals surface area contributed by atoms with Crippen LogP contribution in [0.5, 0.6) is 0 Å². The third-order valence-corrected chi connectivity index (χ3v) is 6.33. The summed E-state index contributed by atoms with van der Waals surface area (Å²) in [5, 5.41) is 8.35. The number of anilines is 2. The highest BCUT2D eigenvalue weighted by atomic mass is 19.4. The van der Waals surface area contributed by atoms with Gasteiger partial charge >= 0.3 is 6.18 Å². The van der Waals surface area contributed by atoms with Gasteiger partial charge in [-0.25, -0.2) is 0 Å². The van der Waals surface area contributed by atoms with Crippen molar-refractivity contribution in [2.45, 2.75) is 50.9 Å². The first-order chi connectivity index (χ1) is 15.2. The maximum absolute atomic E-state index is 13.4. The quantitative estimate of drug-likeness (QED) is 0.551. The summed E-state index contributed by atoms with van der Waals surface area (Å²) in [5.41, 5.74) is 1.23. The summed E-state index contributed by atoms with van der Waals surface area (Å²) in [4.78, 5) is 16.5. The minimum absolute atomic E-state index is 0.150. The van der Waals surface area contributed by atoms with E-state index in [1.54, 1.807) is 18.3 Å². The van der Waals surface area contributed by atoms with Crippen LogP contribution in [0.15, 0.2) is 41.3 Å². The number of benzene rings is 1. The zero-order valence-corrected chi connectivity index (χ0v) is 18.4. The van der Waals surface area contributed by atoms with Gasteiger partial charge in [0.15, 0.2) is 5.82 Å². The SMILES string of the molecule is C[C@H]1CCCC[C@@H]1n1nc(Nc2ccc(C(N(C)C)C(F)(F)F)cc2)c2c(=O)[nH]ccc21. The van der Waals surface area contributed by atoms with E-state index < -0.39 is 12.2 Å². The summed E-state index contributed by atoms with van der Waals surface area (Å²) in [5.74, 6) is 0.857. The molecular formula is C23H28F3N5O. The molecule has 3 aromatic rings. The van der Waals surface area contributed by atoms with Gasteiger partial charge in [-0.2, -0.15) is 18.3 Å². The van der Waals surface area contributed by atoms with Gasteiger partial charge in [0, 0.05) is 11.9 Å². The van der Waals surface area contributed by atoms with Crippen molar-refractivity contribution in [1.82, 2.24) is 19.7 Å². The first kappa shape index (κ1) is 22.4. The first-order valence-electron chi connectivity index (χ1n) is 10.9. The van der Waals surface area contributed by atoms with Gasteiger partial charge in [-0.15, -0.1) is 0 Å². The number of nitrogens with zero attached hydrogens (tertiary/aromatic N) is 3. The van der Waals surface area contributed by atoms with E-state index >= 15 is 0 Å². The van der Waals surface area contributed by atoms with Gasteiger partial charge in [0.05, 0.1) is 11.6 Å². The molecule has 2 N–H and O–H groups in total. The van der Waals surface area contributed by atoms with Crippen molar-refractivity contribution in [1.29, 1.82) is 0 Å². The van der Waals surface area contributed by atoms with Crippen molar-refractivity contribution < 1.29 is 13.2 Å². The van der Waals surface area contributed by atoms with E-state index in [1.807, 2.05) is 10.7 Å². The van der Waals surface area contributed by atoms with Gasteiger partial charge in [-0.3, -0.25) is 14.4 Å². The number of alkyl halides is 3. The van der Waals surface area contributed by atoms with Crippen LogP contribution in [-0.4, -0.2) is 39.9 Å². The summed E-state index contributed by atoms with van der Waals surface area (Å²) in [6, 6.07) is 6.45. The third-order valence-electron chi connectivity index (χ3n) is 6.33. The number of aromatic amines is 1. The standard InChI is InChI=1S/C23H28F3N5O/c1-14-6-4-5-7-17(14)31-18-12-13-27-22(32)19(18)21(29-31)28-16-10-8-15(9-11-16)20(30(2)3)23(24,25)26/h8-14,17,20H,4-7H2,1-3H3,(H,27,32)(H,28,29)/t14-,17-,20?/m0/s1. The Kier molecular flexibility index (Phi) is 6.03. The monoisotopic (exact) mass is 447 g/mol. The third kappa shape index (κ3) is 4.26. The highest BCUT2D eigenvalue weighted by Crippen LogP contribution is 2.38. The second-order valence-corrected chi connectivity index (χ2v) is 8.84. The van der Waals surface area contributed by atoms with Crippen molar-refractivity contribution in [2.24, 2.45) is 5.92 Å². The number of fused-ring (bicyclic) bond motifs is 1. The fraction of sp³-hybridized carbons (Fsp3) is 0.478. The van der Waals surface area contributed by atoms with Crippen LogP contribution in [0.4, 0.5) is 24.7 Å². The molecule has 1 aromatic carbocycles. The Bertz CT molecular complexity index is 1130. The zero-order chi connectivity index (χ0) is 23.0. The molecule has 0 saturated heterocycles. The molecule has 32 heavy (non-hydrogen) atoms. The number of halogens is 3. The Morgan fingerprint density at radius 2 is 1.84 bits per heavy atom. The summed E-state index contributed by atoms with van der Waals surface area (Å²) in [6.45, 7) is 2.21. The van der Waals surface area contributed by atoms with Crippen LogP contribution < -0.4 is 10.9 Å². The predicted molar refractivity (Wildman–Crippen MR) is 119 cm³/mol. The number of aromatic nitrogens is 3. The smallest absolute Gasteiger partial charge is 0.338 e. The summed E-state index contributed by atoms with van der Waals surface area (Å²) in [6.07, 6.45) is 1.68. The molecule has 0 amide bonds. The molecule has 172 valence electrons. The molecule has 1 aliphatic carbocycles. The van der Waals surface area contributed by atoms with Crippen LogP contribution in [0.3, 0.4) is 0 Å². The average molecular weight is 448 g/mol. The summed E-state index contributed by atoms with van der Waals surface area (Å²) < 4.78 is 42.2. The number of hydrogen-bond donors (Lipinski definition) is 2. The van der Waals surface area contributed by atoms with Crippen LogP contribution >= 0.6 is 0 Å². The van der Waals surface area contributed by atoms with E-state index in [-0.39, 0.29) is 17.2 Å². The summed E-state index contributed by atoms with van der Waals surface area (Å²) >= 11 is 0. The van der Waals surface area contributed by atoms with Crippen LogP contribution in [0.25, 0.3) is 10.9 Å². The lowest BCUT2D eigenvalue weighted by Gasteiger charge is -2.29. The Morgan fingerprint density at radius 3 is 2.47 bits per heavy atom. The average Bonchev–Trinajstić information content (AvgIpc) is 3.08. The maximum Gasteiger partial charge on any atom is 0.408 e. The Balaban J connectivity index is 1.68. The van der Waals surface area contributed by atoms with E-state index in [1.165, 1.54) is 32.6 Å². The maximum atomic E-state index is 13.4. The van der Waals surface area contributed by atoms with Gasteiger partial charge in [0.2, 0.25) is 0 Å². The lowest BCUT2D eigenvalue weighted by Crippen LogP contribution is -2.33. The fourth-order valence-corrected chi connectivity index (χ4v) is 4.77. The molecule has 0 bridgehead atoms. The van der Waals surface area contributed by atoms with E-state index in [0.717, 1.165) is 29.7 Å².